The Morgan fingerprint density at radius 2 is 1.89 bits per heavy atom. The molecule has 27 heavy (non-hydrogen) atoms. The highest BCUT2D eigenvalue weighted by atomic mass is 16.5. The minimum absolute atomic E-state index is 0.0319. The Balaban J connectivity index is 1.60. The molecule has 1 unspecified atom stereocenters. The second-order valence-corrected chi connectivity index (χ2v) is 7.03. The molecule has 0 saturated carbocycles. The number of benzene rings is 1. The SMILES string of the molecule is CN=C(NCc1ccco1)NCC1(NC(C)c2ccccc2)CCOCC1. The molecule has 1 saturated heterocycles. The molecule has 1 atom stereocenters. The van der Waals surface area contributed by atoms with E-state index in [9.17, 15) is 0 Å². The van der Waals surface area contributed by atoms with Crippen LogP contribution in [-0.4, -0.2) is 38.3 Å². The van der Waals surface area contributed by atoms with Gasteiger partial charge in [0.05, 0.1) is 12.8 Å². The zero-order valence-corrected chi connectivity index (χ0v) is 16.2. The van der Waals surface area contributed by atoms with Gasteiger partial charge in [-0.05, 0) is 37.5 Å². The van der Waals surface area contributed by atoms with E-state index in [4.69, 9.17) is 9.15 Å². The zero-order valence-electron chi connectivity index (χ0n) is 16.2. The summed E-state index contributed by atoms with van der Waals surface area (Å²) < 4.78 is 11.0. The summed E-state index contributed by atoms with van der Waals surface area (Å²) in [5.74, 6) is 1.65. The van der Waals surface area contributed by atoms with Gasteiger partial charge in [-0.2, -0.15) is 0 Å². The van der Waals surface area contributed by atoms with Gasteiger partial charge in [0.1, 0.15) is 5.76 Å². The highest BCUT2D eigenvalue weighted by Gasteiger charge is 2.34. The van der Waals surface area contributed by atoms with Crippen molar-refractivity contribution in [2.75, 3.05) is 26.8 Å². The molecule has 146 valence electrons. The minimum Gasteiger partial charge on any atom is -0.467 e. The molecule has 1 aromatic heterocycles. The van der Waals surface area contributed by atoms with Gasteiger partial charge in [0.15, 0.2) is 5.96 Å². The first-order valence-corrected chi connectivity index (χ1v) is 9.58. The van der Waals surface area contributed by atoms with Crippen molar-refractivity contribution in [1.82, 2.24) is 16.0 Å². The summed E-state index contributed by atoms with van der Waals surface area (Å²) in [5.41, 5.74) is 1.26. The quantitative estimate of drug-likeness (QED) is 0.516. The van der Waals surface area contributed by atoms with Gasteiger partial charge in [0.25, 0.3) is 0 Å². The summed E-state index contributed by atoms with van der Waals surface area (Å²) in [4.78, 5) is 4.33. The summed E-state index contributed by atoms with van der Waals surface area (Å²) in [6, 6.07) is 14.7. The Morgan fingerprint density at radius 1 is 1.11 bits per heavy atom. The van der Waals surface area contributed by atoms with E-state index in [0.29, 0.717) is 6.54 Å². The molecule has 6 nitrogen and oxygen atoms in total. The third-order valence-electron chi connectivity index (χ3n) is 5.10. The molecule has 3 N–H and O–H groups in total. The predicted molar refractivity (Wildman–Crippen MR) is 108 cm³/mol. The second-order valence-electron chi connectivity index (χ2n) is 7.03. The lowest BCUT2D eigenvalue weighted by atomic mass is 9.88. The number of furan rings is 1. The number of ether oxygens (including phenoxy) is 1. The van der Waals surface area contributed by atoms with Crippen molar-refractivity contribution < 1.29 is 9.15 Å². The minimum atomic E-state index is -0.0319. The molecule has 0 aliphatic carbocycles. The molecule has 6 heteroatoms. The normalized spacial score (nSPS) is 18.1. The Kier molecular flexibility index (Phi) is 6.90. The molecular weight excluding hydrogens is 340 g/mol. The number of nitrogens with one attached hydrogen (secondary N) is 3. The van der Waals surface area contributed by atoms with Gasteiger partial charge in [0, 0.05) is 38.4 Å². The summed E-state index contributed by atoms with van der Waals surface area (Å²) in [5, 5.41) is 10.6. The predicted octanol–water partition coefficient (Wildman–Crippen LogP) is 2.84. The second kappa shape index (κ2) is 9.58. The molecule has 1 fully saturated rings. The van der Waals surface area contributed by atoms with Crippen LogP contribution in [0.1, 0.15) is 37.1 Å². The number of rotatable bonds is 7. The van der Waals surface area contributed by atoms with Gasteiger partial charge in [-0.15, -0.1) is 0 Å². The molecule has 3 rings (SSSR count). The lowest BCUT2D eigenvalue weighted by molar-refractivity contribution is 0.0355. The van der Waals surface area contributed by atoms with Crippen LogP contribution in [0.2, 0.25) is 0 Å². The molecule has 0 bridgehead atoms. The lowest BCUT2D eigenvalue weighted by Gasteiger charge is -2.41. The largest absolute Gasteiger partial charge is 0.467 e. The van der Waals surface area contributed by atoms with E-state index < -0.39 is 0 Å². The molecule has 1 aliphatic heterocycles. The highest BCUT2D eigenvalue weighted by Crippen LogP contribution is 2.25. The first-order chi connectivity index (χ1) is 13.2. The van der Waals surface area contributed by atoms with Gasteiger partial charge in [-0.3, -0.25) is 4.99 Å². The number of guanidine groups is 1. The Morgan fingerprint density at radius 3 is 2.56 bits per heavy atom. The van der Waals surface area contributed by atoms with E-state index in [1.807, 2.05) is 12.1 Å². The zero-order chi connectivity index (χ0) is 19.0. The fourth-order valence-electron chi connectivity index (χ4n) is 3.48. The maximum Gasteiger partial charge on any atom is 0.191 e. The van der Waals surface area contributed by atoms with Crippen molar-refractivity contribution in [3.8, 4) is 0 Å². The maximum absolute atomic E-state index is 5.62. The number of hydrogen-bond donors (Lipinski definition) is 3. The Labute approximate surface area is 161 Å². The van der Waals surface area contributed by atoms with E-state index in [0.717, 1.165) is 44.3 Å². The summed E-state index contributed by atoms with van der Waals surface area (Å²) >= 11 is 0. The third kappa shape index (κ3) is 5.58. The van der Waals surface area contributed by atoms with Gasteiger partial charge in [-0.1, -0.05) is 30.3 Å². The monoisotopic (exact) mass is 370 g/mol. The summed E-state index contributed by atoms with van der Waals surface area (Å²) in [6.07, 6.45) is 3.61. The first kappa shape index (κ1) is 19.5. The summed E-state index contributed by atoms with van der Waals surface area (Å²) in [6.45, 7) is 5.15. The van der Waals surface area contributed by atoms with Gasteiger partial charge in [-0.25, -0.2) is 0 Å². The van der Waals surface area contributed by atoms with Crippen LogP contribution in [0, 0.1) is 0 Å². The lowest BCUT2D eigenvalue weighted by Crippen LogP contribution is -2.58. The molecule has 1 aliphatic rings. The molecule has 2 aromatic rings. The van der Waals surface area contributed by atoms with Crippen molar-refractivity contribution in [3.05, 3.63) is 60.1 Å². The van der Waals surface area contributed by atoms with Crippen LogP contribution in [0.25, 0.3) is 0 Å². The van der Waals surface area contributed by atoms with Crippen molar-refractivity contribution in [2.45, 2.75) is 37.9 Å². The maximum atomic E-state index is 5.62. The van der Waals surface area contributed by atoms with Gasteiger partial charge >= 0.3 is 0 Å². The fourth-order valence-corrected chi connectivity index (χ4v) is 3.48. The van der Waals surface area contributed by atoms with E-state index in [1.165, 1.54) is 5.56 Å². The average molecular weight is 370 g/mol. The smallest absolute Gasteiger partial charge is 0.191 e. The number of nitrogens with zero attached hydrogens (tertiary/aromatic N) is 1. The highest BCUT2D eigenvalue weighted by molar-refractivity contribution is 5.79. The van der Waals surface area contributed by atoms with Crippen molar-refractivity contribution in [2.24, 2.45) is 4.99 Å². The van der Waals surface area contributed by atoms with Gasteiger partial charge in [0.2, 0.25) is 0 Å². The van der Waals surface area contributed by atoms with E-state index in [-0.39, 0.29) is 11.6 Å². The van der Waals surface area contributed by atoms with Crippen LogP contribution in [0.5, 0.6) is 0 Å². The molecule has 0 spiro atoms. The molecule has 0 radical (unpaired) electrons. The molecule has 2 heterocycles. The van der Waals surface area contributed by atoms with E-state index >= 15 is 0 Å². The number of aliphatic imine (C=N–C) groups is 1. The average Bonchev–Trinajstić information content (AvgIpc) is 3.23. The summed E-state index contributed by atoms with van der Waals surface area (Å²) in [7, 11) is 1.79. The van der Waals surface area contributed by atoms with E-state index in [1.54, 1.807) is 13.3 Å². The van der Waals surface area contributed by atoms with Crippen LogP contribution in [-0.2, 0) is 11.3 Å². The van der Waals surface area contributed by atoms with Crippen molar-refractivity contribution in [1.29, 1.82) is 0 Å². The number of hydrogen-bond acceptors (Lipinski definition) is 4. The topological polar surface area (TPSA) is 70.8 Å². The van der Waals surface area contributed by atoms with Crippen molar-refractivity contribution >= 4 is 5.96 Å². The third-order valence-corrected chi connectivity index (χ3v) is 5.10. The van der Waals surface area contributed by atoms with Crippen LogP contribution >= 0.6 is 0 Å². The molecular formula is C21H30N4O2. The van der Waals surface area contributed by atoms with Crippen LogP contribution in [0.3, 0.4) is 0 Å². The standard InChI is InChI=1S/C21H30N4O2/c1-17(18-7-4-3-5-8-18)25-21(10-13-26-14-11-21)16-24-20(22-2)23-15-19-9-6-12-27-19/h3-9,12,17,25H,10-11,13-16H2,1-2H3,(H2,22,23,24). The van der Waals surface area contributed by atoms with Crippen molar-refractivity contribution in [3.63, 3.8) is 0 Å². The molecule has 0 amide bonds. The van der Waals surface area contributed by atoms with Crippen LogP contribution in [0.4, 0.5) is 0 Å². The van der Waals surface area contributed by atoms with Crippen LogP contribution < -0.4 is 16.0 Å². The van der Waals surface area contributed by atoms with E-state index in [2.05, 4.69) is 58.2 Å². The Bertz CT molecular complexity index is 694. The van der Waals surface area contributed by atoms with Crippen LogP contribution in [0.15, 0.2) is 58.1 Å². The fraction of sp³-hybridized carbons (Fsp3) is 0.476. The Hall–Kier alpha value is -2.31. The van der Waals surface area contributed by atoms with Gasteiger partial charge < -0.3 is 25.1 Å². The molecule has 1 aromatic carbocycles. The first-order valence-electron chi connectivity index (χ1n) is 9.58.